The summed E-state index contributed by atoms with van der Waals surface area (Å²) >= 11 is 5.64. The van der Waals surface area contributed by atoms with Crippen molar-refractivity contribution in [2.75, 3.05) is 31.5 Å². The first kappa shape index (κ1) is 25.9. The normalized spacial score (nSPS) is 14.2. The summed E-state index contributed by atoms with van der Waals surface area (Å²) in [7, 11) is 0. The van der Waals surface area contributed by atoms with Crippen molar-refractivity contribution in [2.24, 2.45) is 0 Å². The minimum Gasteiger partial charge on any atom is -0.359 e. The number of carbonyl (C=O) groups excluding carboxylic acids is 1. The van der Waals surface area contributed by atoms with Gasteiger partial charge < -0.3 is 20.9 Å². The summed E-state index contributed by atoms with van der Waals surface area (Å²) in [5.41, 5.74) is 4.51. The summed E-state index contributed by atoms with van der Waals surface area (Å²) in [4.78, 5) is 14.9. The van der Waals surface area contributed by atoms with E-state index < -0.39 is 0 Å². The van der Waals surface area contributed by atoms with Crippen LogP contribution in [0.15, 0.2) is 84.9 Å². The predicted octanol–water partition coefficient (Wildman–Crippen LogP) is 5.24. The van der Waals surface area contributed by atoms with Gasteiger partial charge in [0.05, 0.1) is 0 Å². The van der Waals surface area contributed by atoms with E-state index in [0.717, 1.165) is 37.3 Å². The number of benzene rings is 3. The average Bonchev–Trinajstić information content (AvgIpc) is 3.42. The maximum absolute atomic E-state index is 12.5. The van der Waals surface area contributed by atoms with Crippen LogP contribution < -0.4 is 16.0 Å². The van der Waals surface area contributed by atoms with Crippen LogP contribution >= 0.6 is 12.2 Å². The smallest absolute Gasteiger partial charge is 0.220 e. The molecule has 0 aliphatic carbocycles. The van der Waals surface area contributed by atoms with Crippen LogP contribution in [0.2, 0.25) is 0 Å². The maximum Gasteiger partial charge on any atom is 0.220 e. The highest BCUT2D eigenvalue weighted by Crippen LogP contribution is 2.21. The van der Waals surface area contributed by atoms with Gasteiger partial charge in [0.2, 0.25) is 5.91 Å². The van der Waals surface area contributed by atoms with E-state index in [2.05, 4.69) is 57.2 Å². The van der Waals surface area contributed by atoms with Gasteiger partial charge in [-0.2, -0.15) is 0 Å². The fourth-order valence-electron chi connectivity index (χ4n) is 4.61. The lowest BCUT2D eigenvalue weighted by molar-refractivity contribution is -0.121. The molecule has 0 radical (unpaired) electrons. The summed E-state index contributed by atoms with van der Waals surface area (Å²) in [5.74, 6) is 0.101. The molecule has 1 atom stereocenters. The van der Waals surface area contributed by atoms with Gasteiger partial charge in [-0.3, -0.25) is 4.79 Å². The third-order valence-electron chi connectivity index (χ3n) is 6.58. The molecule has 3 N–H and O–H groups in total. The van der Waals surface area contributed by atoms with Crippen molar-refractivity contribution in [2.45, 2.75) is 38.1 Å². The number of rotatable bonds is 11. The molecule has 4 rings (SSSR count). The van der Waals surface area contributed by atoms with Crippen LogP contribution in [0.25, 0.3) is 11.1 Å². The van der Waals surface area contributed by atoms with Gasteiger partial charge in [-0.25, -0.2) is 0 Å². The van der Waals surface area contributed by atoms with Gasteiger partial charge in [-0.15, -0.1) is 0 Å². The Hall–Kier alpha value is -3.22. The fraction of sp³-hybridized carbons (Fsp3) is 0.333. The molecule has 188 valence electrons. The predicted molar refractivity (Wildman–Crippen MR) is 153 cm³/mol. The molecule has 1 amide bonds. The molecule has 1 heterocycles. The van der Waals surface area contributed by atoms with Crippen LogP contribution in [-0.4, -0.2) is 48.1 Å². The number of carbonyl (C=O) groups is 1. The van der Waals surface area contributed by atoms with Crippen molar-refractivity contribution >= 4 is 28.9 Å². The van der Waals surface area contributed by atoms with E-state index >= 15 is 0 Å². The summed E-state index contributed by atoms with van der Waals surface area (Å²) in [6.07, 6.45) is 4.52. The second-order valence-electron chi connectivity index (χ2n) is 9.37. The standard InChI is InChI=1S/C30H36N4OS/c35-29(31-19-22-34-20-7-8-21-34)18-17-28(23-24-9-3-1-4-10-24)33-30(36)32-27-15-13-26(14-16-27)25-11-5-2-6-12-25/h1-6,9-16,28H,7-8,17-23H2,(H,31,35)(H2,32,33,36). The van der Waals surface area contributed by atoms with E-state index in [-0.39, 0.29) is 11.9 Å². The molecule has 0 aromatic heterocycles. The Kier molecular flexibility index (Phi) is 9.88. The number of hydrogen-bond acceptors (Lipinski definition) is 3. The first-order chi connectivity index (χ1) is 17.7. The van der Waals surface area contributed by atoms with Crippen LogP contribution in [0, 0.1) is 0 Å². The highest BCUT2D eigenvalue weighted by Gasteiger charge is 2.15. The molecule has 1 aliphatic rings. The molecule has 0 saturated carbocycles. The van der Waals surface area contributed by atoms with Gasteiger partial charge >= 0.3 is 0 Å². The second kappa shape index (κ2) is 13.8. The van der Waals surface area contributed by atoms with Crippen molar-refractivity contribution in [3.63, 3.8) is 0 Å². The molecule has 1 unspecified atom stereocenters. The summed E-state index contributed by atoms with van der Waals surface area (Å²) in [5, 5.41) is 10.4. The fourth-order valence-corrected chi connectivity index (χ4v) is 4.89. The lowest BCUT2D eigenvalue weighted by atomic mass is 10.0. The second-order valence-corrected chi connectivity index (χ2v) is 9.77. The van der Waals surface area contributed by atoms with E-state index in [4.69, 9.17) is 12.2 Å². The molecule has 0 bridgehead atoms. The van der Waals surface area contributed by atoms with E-state index in [1.807, 2.05) is 48.5 Å². The molecule has 1 fully saturated rings. The molecule has 1 aliphatic heterocycles. The average molecular weight is 501 g/mol. The van der Waals surface area contributed by atoms with Crippen LogP contribution in [0.1, 0.15) is 31.2 Å². The van der Waals surface area contributed by atoms with Gasteiger partial charge in [-0.1, -0.05) is 72.8 Å². The lowest BCUT2D eigenvalue weighted by Gasteiger charge is -2.21. The highest BCUT2D eigenvalue weighted by atomic mass is 32.1. The molecule has 0 spiro atoms. The molecule has 6 heteroatoms. The summed E-state index contributed by atoms with van der Waals surface area (Å²) in [6, 6.07) is 29.0. The highest BCUT2D eigenvalue weighted by molar-refractivity contribution is 7.80. The van der Waals surface area contributed by atoms with Gasteiger partial charge in [-0.05, 0) is 79.8 Å². The third-order valence-corrected chi connectivity index (χ3v) is 6.80. The number of thiocarbonyl (C=S) groups is 1. The minimum absolute atomic E-state index is 0.0559. The van der Waals surface area contributed by atoms with E-state index in [0.29, 0.717) is 24.5 Å². The van der Waals surface area contributed by atoms with Crippen molar-refractivity contribution in [3.05, 3.63) is 90.5 Å². The van der Waals surface area contributed by atoms with Crippen molar-refractivity contribution < 1.29 is 4.79 Å². The Morgan fingerprint density at radius 2 is 1.50 bits per heavy atom. The van der Waals surface area contributed by atoms with Gasteiger partial charge in [0.1, 0.15) is 0 Å². The number of nitrogens with zero attached hydrogens (tertiary/aromatic N) is 1. The molecule has 3 aromatic carbocycles. The molecule has 1 saturated heterocycles. The first-order valence-electron chi connectivity index (χ1n) is 12.9. The third kappa shape index (κ3) is 8.47. The monoisotopic (exact) mass is 500 g/mol. The van der Waals surface area contributed by atoms with E-state index in [1.165, 1.54) is 24.0 Å². The maximum atomic E-state index is 12.5. The molecular weight excluding hydrogens is 464 g/mol. The lowest BCUT2D eigenvalue weighted by Crippen LogP contribution is -2.40. The number of likely N-dealkylation sites (tertiary alicyclic amines) is 1. The number of amides is 1. The van der Waals surface area contributed by atoms with Gasteiger partial charge in [0.15, 0.2) is 5.11 Å². The molecule has 3 aromatic rings. The van der Waals surface area contributed by atoms with E-state index in [1.54, 1.807) is 0 Å². The van der Waals surface area contributed by atoms with Crippen molar-refractivity contribution in [1.82, 2.24) is 15.5 Å². The Labute approximate surface area is 220 Å². The van der Waals surface area contributed by atoms with Crippen LogP contribution in [0.5, 0.6) is 0 Å². The van der Waals surface area contributed by atoms with Gasteiger partial charge in [0.25, 0.3) is 0 Å². The van der Waals surface area contributed by atoms with Crippen molar-refractivity contribution in [3.8, 4) is 11.1 Å². The number of nitrogens with one attached hydrogen (secondary N) is 3. The van der Waals surface area contributed by atoms with Gasteiger partial charge in [0, 0.05) is 31.2 Å². The quantitative estimate of drug-likeness (QED) is 0.314. The van der Waals surface area contributed by atoms with Crippen LogP contribution in [-0.2, 0) is 11.2 Å². The Balaban J connectivity index is 1.28. The zero-order valence-electron chi connectivity index (χ0n) is 20.8. The number of hydrogen-bond donors (Lipinski definition) is 3. The van der Waals surface area contributed by atoms with Crippen LogP contribution in [0.4, 0.5) is 5.69 Å². The first-order valence-corrected chi connectivity index (χ1v) is 13.3. The SMILES string of the molecule is O=C(CCC(Cc1ccccc1)NC(=S)Nc1ccc(-c2ccccc2)cc1)NCCN1CCCC1. The topological polar surface area (TPSA) is 56.4 Å². The largest absolute Gasteiger partial charge is 0.359 e. The summed E-state index contributed by atoms with van der Waals surface area (Å²) < 4.78 is 0. The Morgan fingerprint density at radius 1 is 0.861 bits per heavy atom. The van der Waals surface area contributed by atoms with E-state index in [9.17, 15) is 4.79 Å². The zero-order chi connectivity index (χ0) is 25.0. The molecular formula is C30H36N4OS. The number of anilines is 1. The van der Waals surface area contributed by atoms with Crippen LogP contribution in [0.3, 0.4) is 0 Å². The molecule has 36 heavy (non-hydrogen) atoms. The molecule has 5 nitrogen and oxygen atoms in total. The Bertz CT molecular complexity index is 1080. The Morgan fingerprint density at radius 3 is 2.19 bits per heavy atom. The minimum atomic E-state index is 0.0559. The van der Waals surface area contributed by atoms with Crippen molar-refractivity contribution in [1.29, 1.82) is 0 Å². The summed E-state index contributed by atoms with van der Waals surface area (Å²) in [6.45, 7) is 3.96. The zero-order valence-corrected chi connectivity index (χ0v) is 21.6.